The SMILES string of the molecule is CC[C@@H](NS(=O)(=O)c1cc(Br)ccc1OC)c1ccc(C)c(C)c1. The smallest absolute Gasteiger partial charge is 0.244 e. The zero-order chi connectivity index (χ0) is 17.9. The van der Waals surface area contributed by atoms with Crippen molar-refractivity contribution in [1.29, 1.82) is 0 Å². The van der Waals surface area contributed by atoms with Crippen LogP contribution in [0.1, 0.15) is 36.1 Å². The normalized spacial score (nSPS) is 12.9. The Kier molecular flexibility index (Phi) is 6.06. The van der Waals surface area contributed by atoms with Gasteiger partial charge in [-0.25, -0.2) is 13.1 Å². The van der Waals surface area contributed by atoms with Gasteiger partial charge >= 0.3 is 0 Å². The molecule has 6 heteroatoms. The van der Waals surface area contributed by atoms with E-state index in [2.05, 4.69) is 20.7 Å². The van der Waals surface area contributed by atoms with Crippen molar-refractivity contribution in [3.63, 3.8) is 0 Å². The van der Waals surface area contributed by atoms with Crippen molar-refractivity contribution in [1.82, 2.24) is 4.72 Å². The van der Waals surface area contributed by atoms with Crippen molar-refractivity contribution < 1.29 is 13.2 Å². The first-order valence-electron chi connectivity index (χ1n) is 7.71. The molecule has 1 N–H and O–H groups in total. The number of ether oxygens (including phenoxy) is 1. The van der Waals surface area contributed by atoms with Gasteiger partial charge in [0.2, 0.25) is 10.0 Å². The molecule has 130 valence electrons. The Labute approximate surface area is 152 Å². The lowest BCUT2D eigenvalue weighted by Crippen LogP contribution is -2.28. The van der Waals surface area contributed by atoms with E-state index in [-0.39, 0.29) is 10.9 Å². The molecule has 0 bridgehead atoms. The number of methoxy groups -OCH3 is 1. The second-order valence-electron chi connectivity index (χ2n) is 5.72. The molecule has 2 aromatic rings. The fourth-order valence-corrected chi connectivity index (χ4v) is 4.50. The van der Waals surface area contributed by atoms with Crippen LogP contribution >= 0.6 is 15.9 Å². The maximum Gasteiger partial charge on any atom is 0.244 e. The van der Waals surface area contributed by atoms with Gasteiger partial charge in [0.25, 0.3) is 0 Å². The van der Waals surface area contributed by atoms with Crippen LogP contribution in [-0.4, -0.2) is 15.5 Å². The molecular formula is C18H22BrNO3S. The summed E-state index contributed by atoms with van der Waals surface area (Å²) in [7, 11) is -2.25. The number of rotatable bonds is 6. The van der Waals surface area contributed by atoms with Crippen LogP contribution in [0.15, 0.2) is 45.8 Å². The predicted molar refractivity (Wildman–Crippen MR) is 100.0 cm³/mol. The quantitative estimate of drug-likeness (QED) is 0.760. The first kappa shape index (κ1) is 19.0. The van der Waals surface area contributed by atoms with Gasteiger partial charge in [-0.2, -0.15) is 0 Å². The van der Waals surface area contributed by atoms with Gasteiger partial charge in [-0.3, -0.25) is 0 Å². The third-order valence-corrected chi connectivity index (χ3v) is 6.04. The summed E-state index contributed by atoms with van der Waals surface area (Å²) in [5.41, 5.74) is 3.29. The van der Waals surface area contributed by atoms with Gasteiger partial charge in [-0.15, -0.1) is 0 Å². The van der Waals surface area contributed by atoms with E-state index < -0.39 is 10.0 Å². The van der Waals surface area contributed by atoms with E-state index in [1.807, 2.05) is 39.0 Å². The highest BCUT2D eigenvalue weighted by molar-refractivity contribution is 9.10. The van der Waals surface area contributed by atoms with E-state index >= 15 is 0 Å². The monoisotopic (exact) mass is 411 g/mol. The first-order chi connectivity index (χ1) is 11.3. The van der Waals surface area contributed by atoms with Crippen LogP contribution in [0.4, 0.5) is 0 Å². The molecular weight excluding hydrogens is 390 g/mol. The minimum Gasteiger partial charge on any atom is -0.495 e. The predicted octanol–water partition coefficient (Wildman–Crippen LogP) is 4.50. The average molecular weight is 412 g/mol. The van der Waals surface area contributed by atoms with Gasteiger partial charge < -0.3 is 4.74 Å². The lowest BCUT2D eigenvalue weighted by molar-refractivity contribution is 0.401. The molecule has 1 atom stereocenters. The van der Waals surface area contributed by atoms with E-state index in [0.717, 1.165) is 11.1 Å². The van der Waals surface area contributed by atoms with Crippen LogP contribution in [0, 0.1) is 13.8 Å². The number of hydrogen-bond acceptors (Lipinski definition) is 3. The molecule has 0 aromatic heterocycles. The lowest BCUT2D eigenvalue weighted by Gasteiger charge is -2.19. The molecule has 0 spiro atoms. The molecule has 0 aliphatic heterocycles. The molecule has 0 aliphatic rings. The van der Waals surface area contributed by atoms with Gasteiger partial charge in [-0.1, -0.05) is 41.1 Å². The van der Waals surface area contributed by atoms with Crippen molar-refractivity contribution in [3.05, 3.63) is 57.6 Å². The minimum atomic E-state index is -3.71. The summed E-state index contributed by atoms with van der Waals surface area (Å²) >= 11 is 3.32. The Morgan fingerprint density at radius 1 is 1.12 bits per heavy atom. The maximum absolute atomic E-state index is 12.8. The third kappa shape index (κ3) is 4.18. The number of aryl methyl sites for hydroxylation is 2. The summed E-state index contributed by atoms with van der Waals surface area (Å²) in [5.74, 6) is 0.320. The fourth-order valence-electron chi connectivity index (χ4n) is 2.48. The van der Waals surface area contributed by atoms with Crippen LogP contribution in [-0.2, 0) is 10.0 Å². The zero-order valence-electron chi connectivity index (χ0n) is 14.3. The molecule has 0 heterocycles. The summed E-state index contributed by atoms with van der Waals surface area (Å²) in [5, 5.41) is 0. The molecule has 0 radical (unpaired) electrons. The highest BCUT2D eigenvalue weighted by Crippen LogP contribution is 2.29. The molecule has 0 amide bonds. The van der Waals surface area contributed by atoms with Crippen LogP contribution in [0.5, 0.6) is 5.75 Å². The molecule has 2 aromatic carbocycles. The molecule has 0 saturated heterocycles. The lowest BCUT2D eigenvalue weighted by atomic mass is 10.0. The highest BCUT2D eigenvalue weighted by atomic mass is 79.9. The Morgan fingerprint density at radius 3 is 2.42 bits per heavy atom. The Morgan fingerprint density at radius 2 is 1.83 bits per heavy atom. The van der Waals surface area contributed by atoms with Crippen molar-refractivity contribution in [2.24, 2.45) is 0 Å². The molecule has 0 unspecified atom stereocenters. The van der Waals surface area contributed by atoms with Crippen LogP contribution in [0.3, 0.4) is 0 Å². The molecule has 4 nitrogen and oxygen atoms in total. The van der Waals surface area contributed by atoms with E-state index in [4.69, 9.17) is 4.74 Å². The molecule has 0 aliphatic carbocycles. The van der Waals surface area contributed by atoms with Gasteiger partial charge in [0.1, 0.15) is 10.6 Å². The minimum absolute atomic E-state index is 0.127. The number of halogens is 1. The van der Waals surface area contributed by atoms with Gasteiger partial charge in [-0.05, 0) is 55.2 Å². The molecule has 2 rings (SSSR count). The van der Waals surface area contributed by atoms with E-state index in [1.165, 1.54) is 12.7 Å². The standard InChI is InChI=1S/C18H22BrNO3S/c1-5-16(14-7-6-12(2)13(3)10-14)20-24(21,22)18-11-15(19)8-9-17(18)23-4/h6-11,16,20H,5H2,1-4H3/t16-/m1/s1. The van der Waals surface area contributed by atoms with Gasteiger partial charge in [0, 0.05) is 10.5 Å². The fraction of sp³-hybridized carbons (Fsp3) is 0.333. The Hall–Kier alpha value is -1.37. The van der Waals surface area contributed by atoms with Crippen LogP contribution in [0.2, 0.25) is 0 Å². The zero-order valence-corrected chi connectivity index (χ0v) is 16.7. The van der Waals surface area contributed by atoms with Crippen molar-refractivity contribution in [3.8, 4) is 5.75 Å². The maximum atomic E-state index is 12.8. The second-order valence-corrected chi connectivity index (χ2v) is 8.32. The van der Waals surface area contributed by atoms with Crippen molar-refractivity contribution in [2.45, 2.75) is 38.1 Å². The number of hydrogen-bond donors (Lipinski definition) is 1. The largest absolute Gasteiger partial charge is 0.495 e. The summed E-state index contributed by atoms with van der Waals surface area (Å²) < 4.78 is 34.4. The first-order valence-corrected chi connectivity index (χ1v) is 9.99. The van der Waals surface area contributed by atoms with Crippen LogP contribution < -0.4 is 9.46 Å². The summed E-state index contributed by atoms with van der Waals surface area (Å²) in [4.78, 5) is 0.127. The highest BCUT2D eigenvalue weighted by Gasteiger charge is 2.24. The topological polar surface area (TPSA) is 55.4 Å². The summed E-state index contributed by atoms with van der Waals surface area (Å²) in [6, 6.07) is 10.7. The number of benzene rings is 2. The van der Waals surface area contributed by atoms with E-state index in [9.17, 15) is 8.42 Å². The average Bonchev–Trinajstić information content (AvgIpc) is 2.55. The Balaban J connectivity index is 2.39. The molecule has 0 saturated carbocycles. The van der Waals surface area contributed by atoms with Gasteiger partial charge in [0.15, 0.2) is 0 Å². The molecule has 0 fully saturated rings. The third-order valence-electron chi connectivity index (χ3n) is 4.05. The van der Waals surface area contributed by atoms with E-state index in [0.29, 0.717) is 16.6 Å². The summed E-state index contributed by atoms with van der Waals surface area (Å²) in [6.45, 7) is 6.02. The number of sulfonamides is 1. The second kappa shape index (κ2) is 7.68. The summed E-state index contributed by atoms with van der Waals surface area (Å²) in [6.07, 6.45) is 0.651. The van der Waals surface area contributed by atoms with Crippen molar-refractivity contribution >= 4 is 26.0 Å². The number of nitrogens with one attached hydrogen (secondary N) is 1. The van der Waals surface area contributed by atoms with E-state index in [1.54, 1.807) is 18.2 Å². The van der Waals surface area contributed by atoms with Gasteiger partial charge in [0.05, 0.1) is 7.11 Å². The Bertz CT molecular complexity index is 834. The molecule has 24 heavy (non-hydrogen) atoms. The van der Waals surface area contributed by atoms with Crippen molar-refractivity contribution in [2.75, 3.05) is 7.11 Å². The van der Waals surface area contributed by atoms with Crippen LogP contribution in [0.25, 0.3) is 0 Å².